The van der Waals surface area contributed by atoms with Crippen molar-refractivity contribution in [1.29, 1.82) is 0 Å². The first-order valence-electron chi connectivity index (χ1n) is 15.0. The third-order valence-corrected chi connectivity index (χ3v) is 7.00. The maximum Gasteiger partial charge on any atom is 0.411 e. The first-order valence-corrected chi connectivity index (χ1v) is 15.0. The van der Waals surface area contributed by atoms with Gasteiger partial charge in [-0.2, -0.15) is 0 Å². The summed E-state index contributed by atoms with van der Waals surface area (Å²) in [6.45, 7) is 7.44. The van der Waals surface area contributed by atoms with Crippen molar-refractivity contribution in [1.82, 2.24) is 10.2 Å². The van der Waals surface area contributed by atoms with Crippen LogP contribution in [-0.2, 0) is 22.4 Å². The number of carbonyl (C=O) groups is 3. The highest BCUT2D eigenvalue weighted by atomic mass is 19.1. The van der Waals surface area contributed by atoms with Gasteiger partial charge in [0.15, 0.2) is 0 Å². The minimum Gasteiger partial charge on any atom is -0.456 e. The SMILES string of the molecule is CCCN(CCC)C(=O)c1cc(C)cc(C(=O)O[C@H](CNCc2cccc(NC(=O)OC)c2)[C@@H](N)Cc2cc(F)cc(F)c2)c1. The van der Waals surface area contributed by atoms with E-state index in [1.165, 1.54) is 25.3 Å². The van der Waals surface area contributed by atoms with Gasteiger partial charge in [-0.25, -0.2) is 18.4 Å². The molecule has 0 radical (unpaired) electrons. The second kappa shape index (κ2) is 17.2. The quantitative estimate of drug-likeness (QED) is 0.188. The molecule has 4 N–H and O–H groups in total. The molecule has 11 heteroatoms. The summed E-state index contributed by atoms with van der Waals surface area (Å²) in [5.41, 5.74) is 9.46. The lowest BCUT2D eigenvalue weighted by Crippen LogP contribution is -2.46. The van der Waals surface area contributed by atoms with Crippen molar-refractivity contribution in [2.24, 2.45) is 5.73 Å². The van der Waals surface area contributed by atoms with E-state index in [4.69, 9.17) is 10.5 Å². The number of ether oxygens (including phenoxy) is 2. The topological polar surface area (TPSA) is 123 Å². The fraction of sp³-hybridized carbons (Fsp3) is 0.382. The van der Waals surface area contributed by atoms with Crippen LogP contribution in [-0.4, -0.2) is 61.8 Å². The third-order valence-electron chi connectivity index (χ3n) is 7.00. The third kappa shape index (κ3) is 10.9. The molecule has 0 aliphatic heterocycles. The lowest BCUT2D eigenvalue weighted by atomic mass is 10.0. The molecule has 0 aliphatic carbocycles. The molecule has 0 aromatic heterocycles. The summed E-state index contributed by atoms with van der Waals surface area (Å²) in [6.07, 6.45) is 0.140. The average Bonchev–Trinajstić information content (AvgIpc) is 2.99. The smallest absolute Gasteiger partial charge is 0.411 e. The van der Waals surface area contributed by atoms with E-state index in [9.17, 15) is 23.2 Å². The summed E-state index contributed by atoms with van der Waals surface area (Å²) in [5.74, 6) is -2.31. The number of hydrogen-bond donors (Lipinski definition) is 3. The van der Waals surface area contributed by atoms with E-state index < -0.39 is 35.8 Å². The number of nitrogens with zero attached hydrogens (tertiary/aromatic N) is 1. The molecular weight excluding hydrogens is 582 g/mol. The number of esters is 1. The molecule has 0 fully saturated rings. The number of nitrogens with one attached hydrogen (secondary N) is 2. The fourth-order valence-corrected chi connectivity index (χ4v) is 4.97. The highest BCUT2D eigenvalue weighted by Crippen LogP contribution is 2.18. The number of carbonyl (C=O) groups excluding carboxylic acids is 3. The minimum absolute atomic E-state index is 0.0351. The fourth-order valence-electron chi connectivity index (χ4n) is 4.97. The largest absolute Gasteiger partial charge is 0.456 e. The van der Waals surface area contributed by atoms with Gasteiger partial charge in [-0.05, 0) is 85.3 Å². The van der Waals surface area contributed by atoms with Crippen LogP contribution in [0.2, 0.25) is 0 Å². The van der Waals surface area contributed by atoms with Crippen molar-refractivity contribution in [3.8, 4) is 0 Å². The zero-order valence-electron chi connectivity index (χ0n) is 26.2. The van der Waals surface area contributed by atoms with Crippen LogP contribution in [0.25, 0.3) is 0 Å². The highest BCUT2D eigenvalue weighted by Gasteiger charge is 2.25. The molecule has 45 heavy (non-hydrogen) atoms. The number of amides is 2. The van der Waals surface area contributed by atoms with E-state index in [0.717, 1.165) is 30.0 Å². The summed E-state index contributed by atoms with van der Waals surface area (Å²) < 4.78 is 38.3. The van der Waals surface area contributed by atoms with Crippen molar-refractivity contribution < 1.29 is 32.6 Å². The van der Waals surface area contributed by atoms with Crippen molar-refractivity contribution >= 4 is 23.7 Å². The Morgan fingerprint density at radius 1 is 0.911 bits per heavy atom. The van der Waals surface area contributed by atoms with E-state index in [1.807, 2.05) is 19.9 Å². The Hall–Kier alpha value is -4.35. The Balaban J connectivity index is 1.81. The number of aryl methyl sites for hydroxylation is 1. The number of rotatable bonds is 15. The molecule has 0 unspecified atom stereocenters. The van der Waals surface area contributed by atoms with Gasteiger partial charge in [0.25, 0.3) is 5.91 Å². The zero-order chi connectivity index (χ0) is 32.9. The van der Waals surface area contributed by atoms with Crippen LogP contribution in [0.15, 0.2) is 60.7 Å². The van der Waals surface area contributed by atoms with E-state index in [1.54, 1.807) is 42.2 Å². The van der Waals surface area contributed by atoms with Crippen LogP contribution in [0.1, 0.15) is 64.1 Å². The minimum atomic E-state index is -0.906. The molecule has 0 aliphatic rings. The van der Waals surface area contributed by atoms with Crippen molar-refractivity contribution in [3.63, 3.8) is 0 Å². The molecule has 242 valence electrons. The molecule has 0 saturated carbocycles. The van der Waals surface area contributed by atoms with Gasteiger partial charge in [0.1, 0.15) is 17.7 Å². The van der Waals surface area contributed by atoms with E-state index >= 15 is 0 Å². The highest BCUT2D eigenvalue weighted by molar-refractivity contribution is 5.98. The van der Waals surface area contributed by atoms with Crippen molar-refractivity contribution in [3.05, 3.63) is 100 Å². The Bertz CT molecular complexity index is 1440. The molecule has 0 bridgehead atoms. The van der Waals surface area contributed by atoms with E-state index in [2.05, 4.69) is 15.4 Å². The standard InChI is InChI=1S/C34H42F2N4O5/c1-5-10-40(11-6-2)32(41)25-12-22(3)13-26(18-25)33(42)45-31(30(37)17-24-14-27(35)19-28(36)15-24)21-38-20-23-8-7-9-29(16-23)39-34(43)44-4/h7-9,12-16,18-19,30-31,38H,5-6,10-11,17,20-21,37H2,1-4H3,(H,39,43)/t30-,31+/m0/s1. The van der Waals surface area contributed by atoms with Gasteiger partial charge in [-0.15, -0.1) is 0 Å². The Kier molecular flexibility index (Phi) is 13.4. The first-order chi connectivity index (χ1) is 21.5. The van der Waals surface area contributed by atoms with Crippen LogP contribution >= 0.6 is 0 Å². The summed E-state index contributed by atoms with van der Waals surface area (Å²) in [7, 11) is 1.27. The number of benzene rings is 3. The lowest BCUT2D eigenvalue weighted by molar-refractivity contribution is 0.0238. The van der Waals surface area contributed by atoms with Crippen LogP contribution in [0.5, 0.6) is 0 Å². The predicted octanol–water partition coefficient (Wildman–Crippen LogP) is 5.60. The van der Waals surface area contributed by atoms with Gasteiger partial charge >= 0.3 is 12.1 Å². The molecule has 3 rings (SSSR count). The maximum atomic E-state index is 13.9. The van der Waals surface area contributed by atoms with Gasteiger partial charge in [0, 0.05) is 49.5 Å². The molecular formula is C34H42F2N4O5. The van der Waals surface area contributed by atoms with Gasteiger partial charge in [0.05, 0.1) is 12.7 Å². The summed E-state index contributed by atoms with van der Waals surface area (Å²) >= 11 is 0. The van der Waals surface area contributed by atoms with Crippen LogP contribution < -0.4 is 16.4 Å². The zero-order valence-corrected chi connectivity index (χ0v) is 26.2. The Morgan fingerprint density at radius 2 is 1.58 bits per heavy atom. The molecule has 3 aromatic rings. The number of methoxy groups -OCH3 is 1. The molecule has 0 saturated heterocycles. The first kappa shape index (κ1) is 35.1. The molecule has 0 heterocycles. The van der Waals surface area contributed by atoms with Gasteiger partial charge in [-0.1, -0.05) is 26.0 Å². The van der Waals surface area contributed by atoms with Gasteiger partial charge in [-0.3, -0.25) is 10.1 Å². The summed E-state index contributed by atoms with van der Waals surface area (Å²) in [6, 6.07) is 14.3. The van der Waals surface area contributed by atoms with Crippen LogP contribution in [0, 0.1) is 18.6 Å². The number of hydrogen-bond acceptors (Lipinski definition) is 7. The Morgan fingerprint density at radius 3 is 2.22 bits per heavy atom. The molecule has 2 atom stereocenters. The van der Waals surface area contributed by atoms with Crippen molar-refractivity contribution in [2.75, 3.05) is 32.1 Å². The van der Waals surface area contributed by atoms with Gasteiger partial charge < -0.3 is 25.4 Å². The normalized spacial score (nSPS) is 12.2. The molecule has 3 aromatic carbocycles. The van der Waals surface area contributed by atoms with E-state index in [-0.39, 0.29) is 24.4 Å². The number of halogens is 2. The van der Waals surface area contributed by atoms with Crippen LogP contribution in [0.4, 0.5) is 19.3 Å². The maximum absolute atomic E-state index is 13.9. The predicted molar refractivity (Wildman–Crippen MR) is 169 cm³/mol. The second-order valence-corrected chi connectivity index (χ2v) is 10.9. The Labute approximate surface area is 263 Å². The molecule has 0 spiro atoms. The lowest BCUT2D eigenvalue weighted by Gasteiger charge is -2.25. The number of anilines is 1. The second-order valence-electron chi connectivity index (χ2n) is 10.9. The molecule has 9 nitrogen and oxygen atoms in total. The summed E-state index contributed by atoms with van der Waals surface area (Å²) in [4.78, 5) is 40.1. The van der Waals surface area contributed by atoms with Crippen molar-refractivity contribution in [2.45, 2.75) is 58.7 Å². The number of nitrogens with two attached hydrogens (primary N) is 1. The molecule has 2 amide bonds. The van der Waals surface area contributed by atoms with E-state index in [0.29, 0.717) is 36.4 Å². The summed E-state index contributed by atoms with van der Waals surface area (Å²) in [5, 5.41) is 5.82. The van der Waals surface area contributed by atoms with Gasteiger partial charge in [0.2, 0.25) is 0 Å². The average molecular weight is 625 g/mol. The van der Waals surface area contributed by atoms with Crippen LogP contribution in [0.3, 0.4) is 0 Å². The monoisotopic (exact) mass is 624 g/mol.